The quantitative estimate of drug-likeness (QED) is 0.0446. The molecule has 0 aliphatic carbocycles. The number of phenols is 1. The van der Waals surface area contributed by atoms with Crippen LogP contribution in [0, 0.1) is 45.6 Å². The zero-order valence-electron chi connectivity index (χ0n) is 37.5. The van der Waals surface area contributed by atoms with Crippen LogP contribution in [-0.2, 0) is 0 Å². The zero-order valence-corrected chi connectivity index (χ0v) is 39.1. The standard InChI is InChI=1S/C17H12N2O.C14H13BrO2.C14H12O2.C12H10O2/c1-4-20-17-10-14-7-12(2)5-6-13(14)8-15(17)9-16(11-18)19-3;1-10-2-3-11-7-13(9-16)14(17-5-4-15)8-12(11)6-10;1-3-16-14-8-12-6-10(2)4-5-11(12)7-13(14)9-15;1-8-2-3-9-5-11(7-13)12(14)6-10(9)4-8/h4-10H,1H2,2H3;2-3,6-9H,4-5H2,1H3;3-9H,1H2,2H3;2-7,14H,1H3/b16-9-;;;. The summed E-state index contributed by atoms with van der Waals surface area (Å²) >= 11 is 3.30. The third kappa shape index (κ3) is 13.4. The number of hydrogen-bond acceptors (Lipinski definition) is 8. The number of carbonyl (C=O) groups excluding carboxylic acids is 3. The van der Waals surface area contributed by atoms with Gasteiger partial charge in [0.05, 0.1) is 48.5 Å². The molecule has 0 radical (unpaired) electrons. The summed E-state index contributed by atoms with van der Waals surface area (Å²) in [5.74, 6) is 1.81. The molecule has 0 aliphatic rings. The largest absolute Gasteiger partial charge is 0.507 e. The van der Waals surface area contributed by atoms with Gasteiger partial charge < -0.3 is 19.3 Å². The molecule has 0 saturated heterocycles. The van der Waals surface area contributed by atoms with Crippen molar-refractivity contribution in [1.82, 2.24) is 0 Å². The van der Waals surface area contributed by atoms with E-state index >= 15 is 0 Å². The van der Waals surface area contributed by atoms with Crippen LogP contribution < -0.4 is 14.2 Å². The SMILES string of the molecule is C=COc1cc2cc(C)ccc2cc1C=O.Cc1ccc2cc(C=O)c(O)cc2c1.Cc1ccc2cc(C=O)c(OCCBr)cc2c1.[C-]#[N+]/C(C#N)=C\c1cc2ccc(C)cc2cc1OC=C. The molecule has 0 amide bonds. The minimum absolute atomic E-state index is 0.0189. The van der Waals surface area contributed by atoms with Crippen molar-refractivity contribution < 1.29 is 33.7 Å². The van der Waals surface area contributed by atoms with Gasteiger partial charge in [-0.25, -0.2) is 10.1 Å². The fourth-order valence-electron chi connectivity index (χ4n) is 6.95. The molecule has 8 aromatic rings. The number of alkyl halides is 1. The molecule has 8 rings (SSSR count). The van der Waals surface area contributed by atoms with E-state index in [0.717, 1.165) is 72.1 Å². The van der Waals surface area contributed by atoms with E-state index in [0.29, 0.717) is 52.4 Å². The number of benzene rings is 8. The van der Waals surface area contributed by atoms with E-state index in [4.69, 9.17) is 26.0 Å². The number of ether oxygens (including phenoxy) is 3. The first kappa shape index (κ1) is 49.7. The van der Waals surface area contributed by atoms with Crippen LogP contribution in [0.5, 0.6) is 23.0 Å². The lowest BCUT2D eigenvalue weighted by atomic mass is 10.0. The van der Waals surface area contributed by atoms with Gasteiger partial charge in [0.15, 0.2) is 18.9 Å². The van der Waals surface area contributed by atoms with Crippen molar-refractivity contribution in [2.75, 3.05) is 11.9 Å². The predicted molar refractivity (Wildman–Crippen MR) is 274 cm³/mol. The van der Waals surface area contributed by atoms with Crippen molar-refractivity contribution in [3.63, 3.8) is 0 Å². The smallest absolute Gasteiger partial charge is 0.262 e. The van der Waals surface area contributed by atoms with Crippen LogP contribution in [0.2, 0.25) is 0 Å². The Hall–Kier alpha value is -8.31. The Bertz CT molecular complexity index is 3250. The molecule has 0 aromatic heterocycles. The van der Waals surface area contributed by atoms with Crippen LogP contribution in [0.15, 0.2) is 153 Å². The van der Waals surface area contributed by atoms with E-state index < -0.39 is 0 Å². The monoisotopic (exact) mass is 950 g/mol. The van der Waals surface area contributed by atoms with Crippen LogP contribution in [0.25, 0.3) is 54.0 Å². The maximum atomic E-state index is 11.0. The molecule has 0 fully saturated rings. The number of nitriles is 1. The number of carbonyl (C=O) groups is 3. The Balaban J connectivity index is 0.000000168. The fourth-order valence-corrected chi connectivity index (χ4v) is 7.11. The highest BCUT2D eigenvalue weighted by atomic mass is 79.9. The van der Waals surface area contributed by atoms with Crippen molar-refractivity contribution in [1.29, 1.82) is 5.26 Å². The van der Waals surface area contributed by atoms with Crippen LogP contribution in [0.1, 0.15) is 58.9 Å². The fraction of sp³-hybridized carbons (Fsp3) is 0.105. The minimum atomic E-state index is 0.0189. The van der Waals surface area contributed by atoms with Gasteiger partial charge in [-0.2, -0.15) is 0 Å². The molecule has 8 aromatic carbocycles. The normalized spacial score (nSPS) is 10.4. The highest BCUT2D eigenvalue weighted by molar-refractivity contribution is 9.09. The van der Waals surface area contributed by atoms with Gasteiger partial charge >= 0.3 is 0 Å². The predicted octanol–water partition coefficient (Wildman–Crippen LogP) is 14.3. The van der Waals surface area contributed by atoms with E-state index in [-0.39, 0.29) is 11.4 Å². The summed E-state index contributed by atoms with van der Waals surface area (Å²) in [6, 6.07) is 40.6. The first-order chi connectivity index (χ1) is 32.4. The summed E-state index contributed by atoms with van der Waals surface area (Å²) in [5.41, 5.74) is 6.85. The van der Waals surface area contributed by atoms with E-state index in [1.54, 1.807) is 12.1 Å². The zero-order chi connectivity index (χ0) is 48.5. The lowest BCUT2D eigenvalue weighted by molar-refractivity contribution is 0.111. The van der Waals surface area contributed by atoms with Gasteiger partial charge in [0.2, 0.25) is 0 Å². The van der Waals surface area contributed by atoms with Gasteiger partial charge in [-0.3, -0.25) is 14.4 Å². The Morgan fingerprint density at radius 1 is 0.582 bits per heavy atom. The molecular weight excluding hydrogens is 905 g/mol. The molecule has 9 nitrogen and oxygen atoms in total. The topological polar surface area (TPSA) is 127 Å². The van der Waals surface area contributed by atoms with Crippen molar-refractivity contribution in [3.05, 3.63) is 209 Å². The maximum absolute atomic E-state index is 11.0. The van der Waals surface area contributed by atoms with Gasteiger partial charge in [-0.05, 0) is 125 Å². The molecule has 0 bridgehead atoms. The highest BCUT2D eigenvalue weighted by Crippen LogP contribution is 2.30. The van der Waals surface area contributed by atoms with E-state index in [1.165, 1.54) is 29.7 Å². The second kappa shape index (κ2) is 24.1. The number of nitrogens with zero attached hydrogens (tertiary/aromatic N) is 2. The Labute approximate surface area is 398 Å². The number of rotatable bonds is 11. The number of aldehydes is 3. The third-order valence-corrected chi connectivity index (χ3v) is 10.5. The number of halogens is 1. The van der Waals surface area contributed by atoms with Crippen molar-refractivity contribution in [2.45, 2.75) is 27.7 Å². The summed E-state index contributed by atoms with van der Waals surface area (Å²) in [4.78, 5) is 35.7. The lowest BCUT2D eigenvalue weighted by Gasteiger charge is -2.09. The van der Waals surface area contributed by atoms with Crippen LogP contribution in [-0.4, -0.2) is 35.9 Å². The molecule has 334 valence electrons. The molecule has 10 heteroatoms. The summed E-state index contributed by atoms with van der Waals surface area (Å²) in [6.07, 6.45) is 6.46. The number of aromatic hydroxyl groups is 1. The average molecular weight is 952 g/mol. The molecule has 1 N–H and O–H groups in total. The molecule has 0 unspecified atom stereocenters. The van der Waals surface area contributed by atoms with Crippen LogP contribution in [0.4, 0.5) is 0 Å². The van der Waals surface area contributed by atoms with Crippen LogP contribution >= 0.6 is 15.9 Å². The summed E-state index contributed by atoms with van der Waals surface area (Å²) in [5, 5.41) is 27.3. The molecule has 0 heterocycles. The highest BCUT2D eigenvalue weighted by Gasteiger charge is 2.09. The van der Waals surface area contributed by atoms with Gasteiger partial charge in [0.1, 0.15) is 23.0 Å². The van der Waals surface area contributed by atoms with Crippen LogP contribution in [0.3, 0.4) is 0 Å². The summed E-state index contributed by atoms with van der Waals surface area (Å²) < 4.78 is 16.1. The molecule has 0 saturated carbocycles. The summed E-state index contributed by atoms with van der Waals surface area (Å²) in [7, 11) is 0. The second-order valence-corrected chi connectivity index (χ2v) is 16.0. The Morgan fingerprint density at radius 3 is 1.34 bits per heavy atom. The van der Waals surface area contributed by atoms with Gasteiger partial charge in [0.25, 0.3) is 5.70 Å². The minimum Gasteiger partial charge on any atom is -0.507 e. The van der Waals surface area contributed by atoms with Gasteiger partial charge in [-0.1, -0.05) is 124 Å². The Kier molecular flexibility index (Phi) is 17.9. The van der Waals surface area contributed by atoms with Gasteiger partial charge in [-0.15, -0.1) is 0 Å². The molecule has 0 aliphatic heterocycles. The molecule has 67 heavy (non-hydrogen) atoms. The molecule has 0 atom stereocenters. The van der Waals surface area contributed by atoms with Gasteiger partial charge in [0, 0.05) is 10.9 Å². The lowest BCUT2D eigenvalue weighted by Crippen LogP contribution is -2.00. The first-order valence-corrected chi connectivity index (χ1v) is 21.9. The first-order valence-electron chi connectivity index (χ1n) is 20.8. The number of hydrogen-bond donors (Lipinski definition) is 1. The van der Waals surface area contributed by atoms with E-state index in [1.807, 2.05) is 125 Å². The Morgan fingerprint density at radius 2 is 0.955 bits per heavy atom. The second-order valence-electron chi connectivity index (χ2n) is 15.2. The van der Waals surface area contributed by atoms with Crippen molar-refractivity contribution >= 4 is 84.0 Å². The molecule has 0 spiro atoms. The average Bonchev–Trinajstić information content (AvgIpc) is 3.32. The van der Waals surface area contributed by atoms with E-state index in [9.17, 15) is 19.5 Å². The number of fused-ring (bicyclic) bond motifs is 4. The van der Waals surface area contributed by atoms with Crippen molar-refractivity contribution in [2.24, 2.45) is 0 Å². The maximum Gasteiger partial charge on any atom is 0.262 e. The molecular formula is C57H47BrN2O7. The number of allylic oxidation sites excluding steroid dienone is 1. The van der Waals surface area contributed by atoms with Crippen molar-refractivity contribution in [3.8, 4) is 29.1 Å². The third-order valence-electron chi connectivity index (χ3n) is 10.2. The van der Waals surface area contributed by atoms with E-state index in [2.05, 4.69) is 52.1 Å². The number of phenolic OH excluding ortho intramolecular Hbond substituents is 1. The number of aryl methyl sites for hydroxylation is 4. The summed E-state index contributed by atoms with van der Waals surface area (Å²) in [6.45, 7) is 22.6.